The summed E-state index contributed by atoms with van der Waals surface area (Å²) in [6, 6.07) is 28.7. The molecule has 0 unspecified atom stereocenters. The summed E-state index contributed by atoms with van der Waals surface area (Å²) in [7, 11) is -0.567. The molecule has 1 atom stereocenters. The van der Waals surface area contributed by atoms with Crippen LogP contribution in [0.15, 0.2) is 78.9 Å². The van der Waals surface area contributed by atoms with Crippen LogP contribution in [-0.2, 0) is 6.42 Å². The summed E-state index contributed by atoms with van der Waals surface area (Å²) in [6.07, 6.45) is 3.45. The topological polar surface area (TPSA) is 26.0 Å². The van der Waals surface area contributed by atoms with Crippen molar-refractivity contribution in [3.8, 4) is 0 Å². The molecule has 0 saturated heterocycles. The van der Waals surface area contributed by atoms with E-state index < -0.39 is 7.92 Å². The Balaban J connectivity index is 1.93. The van der Waals surface area contributed by atoms with Gasteiger partial charge in [0.2, 0.25) is 0 Å². The van der Waals surface area contributed by atoms with Crippen LogP contribution in [0.25, 0.3) is 0 Å². The Hall–Kier alpha value is -1.95. The normalized spacial score (nSPS) is 16.8. The highest BCUT2D eigenvalue weighted by molar-refractivity contribution is 7.79. The van der Waals surface area contributed by atoms with Gasteiger partial charge in [0.25, 0.3) is 0 Å². The smallest absolute Gasteiger partial charge is 0.0304 e. The van der Waals surface area contributed by atoms with Crippen LogP contribution in [0.4, 0.5) is 0 Å². The second-order valence-electron chi connectivity index (χ2n) is 6.36. The number of nitrogens with two attached hydrogens (primary N) is 1. The molecule has 1 aliphatic rings. The number of rotatable bonds is 3. The molecular formula is C22H22NP. The van der Waals surface area contributed by atoms with Crippen LogP contribution in [0.2, 0.25) is 0 Å². The first-order chi connectivity index (χ1) is 11.8. The van der Waals surface area contributed by atoms with E-state index in [-0.39, 0.29) is 6.04 Å². The number of fused-ring (bicyclic) bond motifs is 1. The molecule has 2 heteroatoms. The molecule has 0 aliphatic heterocycles. The first-order valence-electron chi connectivity index (χ1n) is 8.62. The van der Waals surface area contributed by atoms with Crippen LogP contribution in [-0.4, -0.2) is 0 Å². The molecule has 0 radical (unpaired) electrons. The maximum atomic E-state index is 6.55. The Labute approximate surface area is 145 Å². The van der Waals surface area contributed by atoms with Gasteiger partial charge in [-0.1, -0.05) is 78.9 Å². The minimum atomic E-state index is -0.567. The largest absolute Gasteiger partial charge is 0.324 e. The summed E-state index contributed by atoms with van der Waals surface area (Å²) in [4.78, 5) is 0. The lowest BCUT2D eigenvalue weighted by atomic mass is 9.88. The van der Waals surface area contributed by atoms with E-state index in [9.17, 15) is 0 Å². The van der Waals surface area contributed by atoms with E-state index in [0.717, 1.165) is 12.8 Å². The number of aryl methyl sites for hydroxylation is 1. The average Bonchev–Trinajstić information content (AvgIpc) is 2.64. The fraction of sp³-hybridized carbons (Fsp3) is 0.182. The van der Waals surface area contributed by atoms with Gasteiger partial charge in [-0.15, -0.1) is 0 Å². The van der Waals surface area contributed by atoms with Crippen LogP contribution in [0.5, 0.6) is 0 Å². The molecular weight excluding hydrogens is 309 g/mol. The minimum absolute atomic E-state index is 0.169. The zero-order chi connectivity index (χ0) is 16.4. The Bertz CT molecular complexity index is 774. The summed E-state index contributed by atoms with van der Waals surface area (Å²) in [5, 5.41) is 4.22. The zero-order valence-corrected chi connectivity index (χ0v) is 14.6. The molecule has 0 amide bonds. The summed E-state index contributed by atoms with van der Waals surface area (Å²) in [5.74, 6) is 0. The average molecular weight is 331 g/mol. The van der Waals surface area contributed by atoms with Crippen LogP contribution >= 0.6 is 7.92 Å². The van der Waals surface area contributed by atoms with Crippen molar-refractivity contribution < 1.29 is 0 Å². The summed E-state index contributed by atoms with van der Waals surface area (Å²) >= 11 is 0. The van der Waals surface area contributed by atoms with Gasteiger partial charge in [-0.3, -0.25) is 0 Å². The third-order valence-corrected chi connectivity index (χ3v) is 7.28. The van der Waals surface area contributed by atoms with Crippen LogP contribution in [0, 0.1) is 0 Å². The second-order valence-corrected chi connectivity index (χ2v) is 8.54. The van der Waals surface area contributed by atoms with Crippen molar-refractivity contribution in [1.29, 1.82) is 0 Å². The van der Waals surface area contributed by atoms with Crippen molar-refractivity contribution >= 4 is 23.8 Å². The standard InChI is InChI=1S/C22H22NP/c23-20-15-7-9-17-10-8-16-21(22(17)20)24(18-11-3-1-4-12-18)19-13-5-2-6-14-19/h1-6,8,10-14,16,20H,7,9,15,23H2/t20-/m0/s1. The predicted octanol–water partition coefficient (Wildman–Crippen LogP) is 3.78. The molecule has 0 aromatic heterocycles. The molecule has 0 spiro atoms. The first kappa shape index (κ1) is 15.6. The first-order valence-corrected chi connectivity index (χ1v) is 9.96. The van der Waals surface area contributed by atoms with E-state index in [1.54, 1.807) is 0 Å². The third kappa shape index (κ3) is 2.90. The summed E-state index contributed by atoms with van der Waals surface area (Å²) < 4.78 is 0. The molecule has 0 saturated carbocycles. The lowest BCUT2D eigenvalue weighted by molar-refractivity contribution is 0.573. The number of hydrogen-bond donors (Lipinski definition) is 1. The van der Waals surface area contributed by atoms with Crippen molar-refractivity contribution in [2.24, 2.45) is 5.73 Å². The van der Waals surface area contributed by atoms with Gasteiger partial charge in [0.1, 0.15) is 0 Å². The van der Waals surface area contributed by atoms with E-state index >= 15 is 0 Å². The van der Waals surface area contributed by atoms with E-state index in [4.69, 9.17) is 5.73 Å². The van der Waals surface area contributed by atoms with E-state index in [0.29, 0.717) is 0 Å². The van der Waals surface area contributed by atoms with Gasteiger partial charge in [-0.2, -0.15) is 0 Å². The highest BCUT2D eigenvalue weighted by Crippen LogP contribution is 2.38. The van der Waals surface area contributed by atoms with Crippen LogP contribution < -0.4 is 21.6 Å². The Morgan fingerprint density at radius 3 is 2.00 bits per heavy atom. The number of benzene rings is 3. The SMILES string of the molecule is N[C@H]1CCCc2cccc(P(c3ccccc3)c3ccccc3)c21. The third-order valence-electron chi connectivity index (χ3n) is 4.78. The molecule has 2 N–H and O–H groups in total. The molecule has 1 nitrogen and oxygen atoms in total. The predicted molar refractivity (Wildman–Crippen MR) is 105 cm³/mol. The maximum Gasteiger partial charge on any atom is 0.0304 e. The monoisotopic (exact) mass is 331 g/mol. The van der Waals surface area contributed by atoms with Crippen LogP contribution in [0.1, 0.15) is 30.0 Å². The second kappa shape index (κ2) is 6.89. The molecule has 4 rings (SSSR count). The van der Waals surface area contributed by atoms with E-state index in [1.165, 1.54) is 33.5 Å². The molecule has 0 bridgehead atoms. The van der Waals surface area contributed by atoms with Gasteiger partial charge in [0.05, 0.1) is 0 Å². The van der Waals surface area contributed by atoms with Crippen molar-refractivity contribution in [3.05, 3.63) is 90.0 Å². The van der Waals surface area contributed by atoms with Gasteiger partial charge in [0.15, 0.2) is 0 Å². The van der Waals surface area contributed by atoms with Crippen molar-refractivity contribution in [3.63, 3.8) is 0 Å². The van der Waals surface area contributed by atoms with Crippen molar-refractivity contribution in [2.45, 2.75) is 25.3 Å². The quantitative estimate of drug-likeness (QED) is 0.726. The van der Waals surface area contributed by atoms with Crippen molar-refractivity contribution in [1.82, 2.24) is 0 Å². The van der Waals surface area contributed by atoms with E-state index in [2.05, 4.69) is 78.9 Å². The van der Waals surface area contributed by atoms with Gasteiger partial charge in [-0.25, -0.2) is 0 Å². The van der Waals surface area contributed by atoms with E-state index in [1.807, 2.05) is 0 Å². The Morgan fingerprint density at radius 1 is 0.750 bits per heavy atom. The van der Waals surface area contributed by atoms with Crippen molar-refractivity contribution in [2.75, 3.05) is 0 Å². The Morgan fingerprint density at radius 2 is 1.38 bits per heavy atom. The van der Waals surface area contributed by atoms with Gasteiger partial charge >= 0.3 is 0 Å². The molecule has 0 fully saturated rings. The number of hydrogen-bond acceptors (Lipinski definition) is 1. The lowest BCUT2D eigenvalue weighted by Crippen LogP contribution is -2.30. The molecule has 3 aromatic rings. The zero-order valence-electron chi connectivity index (χ0n) is 13.7. The lowest BCUT2D eigenvalue weighted by Gasteiger charge is -2.29. The molecule has 3 aromatic carbocycles. The van der Waals surface area contributed by atoms with Gasteiger partial charge < -0.3 is 5.73 Å². The fourth-order valence-corrected chi connectivity index (χ4v) is 6.26. The highest BCUT2D eigenvalue weighted by Gasteiger charge is 2.25. The summed E-state index contributed by atoms with van der Waals surface area (Å²) in [6.45, 7) is 0. The maximum absolute atomic E-state index is 6.55. The minimum Gasteiger partial charge on any atom is -0.324 e. The summed E-state index contributed by atoms with van der Waals surface area (Å²) in [5.41, 5.74) is 9.41. The molecule has 0 heterocycles. The van der Waals surface area contributed by atoms with Crippen LogP contribution in [0.3, 0.4) is 0 Å². The Kier molecular flexibility index (Phi) is 4.47. The molecule has 120 valence electrons. The molecule has 24 heavy (non-hydrogen) atoms. The van der Waals surface area contributed by atoms with Gasteiger partial charge in [0, 0.05) is 6.04 Å². The fourth-order valence-electron chi connectivity index (χ4n) is 3.68. The molecule has 1 aliphatic carbocycles. The van der Waals surface area contributed by atoms with Gasteiger partial charge in [-0.05, 0) is 54.2 Å². The highest BCUT2D eigenvalue weighted by atomic mass is 31.1.